The lowest BCUT2D eigenvalue weighted by molar-refractivity contribution is 0.101. The predicted octanol–water partition coefficient (Wildman–Crippen LogP) is 1.78. The first-order valence-electron chi connectivity index (χ1n) is 6.39. The third-order valence-corrected chi connectivity index (χ3v) is 2.61. The van der Waals surface area contributed by atoms with Crippen LogP contribution in [0.4, 0.5) is 0 Å². The number of carbonyl (C=O) groups excluding carboxylic acids is 1. The largest absolute Gasteiger partial charge is 0.342 e. The van der Waals surface area contributed by atoms with Gasteiger partial charge in [0.2, 0.25) is 10.3 Å². The Labute approximate surface area is 139 Å². The highest BCUT2D eigenvalue weighted by molar-refractivity contribution is 7.85. The van der Waals surface area contributed by atoms with Crippen LogP contribution < -0.4 is 0 Å². The average molecular weight is 368 g/mol. The van der Waals surface area contributed by atoms with Gasteiger partial charge in [0.15, 0.2) is 11.3 Å². The second kappa shape index (κ2) is 16.8. The summed E-state index contributed by atoms with van der Waals surface area (Å²) in [5.74, 6) is 0.121. The molecule has 1 rings (SSSR count). The molecule has 0 aliphatic carbocycles. The van der Waals surface area contributed by atoms with E-state index in [-0.39, 0.29) is 5.78 Å². The van der Waals surface area contributed by atoms with Crippen molar-refractivity contribution in [1.82, 2.24) is 0 Å². The molecule has 134 valence electrons. The molecule has 0 atom stereocenters. The molecule has 1 aromatic rings. The minimum atomic E-state index is -3.16. The van der Waals surface area contributed by atoms with Crippen molar-refractivity contribution in [3.63, 3.8) is 0 Å². The highest BCUT2D eigenvalue weighted by Crippen LogP contribution is 1.97. The van der Waals surface area contributed by atoms with Crippen molar-refractivity contribution < 1.29 is 30.6 Å². The summed E-state index contributed by atoms with van der Waals surface area (Å²) in [4.78, 5) is 10.6. The van der Waals surface area contributed by atoms with Crippen LogP contribution in [0, 0.1) is 0 Å². The molecule has 23 heavy (non-hydrogen) atoms. The van der Waals surface area contributed by atoms with E-state index in [0.717, 1.165) is 18.9 Å². The summed E-state index contributed by atoms with van der Waals surface area (Å²) in [5, 5.41) is 0. The van der Waals surface area contributed by atoms with Crippen LogP contribution in [-0.2, 0) is 29.3 Å². The van der Waals surface area contributed by atoms with E-state index >= 15 is 0 Å². The Morgan fingerprint density at radius 1 is 1.09 bits per heavy atom. The second-order valence-corrected chi connectivity index (χ2v) is 5.84. The summed E-state index contributed by atoms with van der Waals surface area (Å²) in [6.07, 6.45) is 0.993. The summed E-state index contributed by atoms with van der Waals surface area (Å²) in [6.45, 7) is 5.56. The Kier molecular flexibility index (Phi) is 19.3. The van der Waals surface area contributed by atoms with Crippen LogP contribution in [-0.4, -0.2) is 48.6 Å². The number of hydrogen-bond donors (Lipinski definition) is 0. The first kappa shape index (κ1) is 26.4. The van der Waals surface area contributed by atoms with Gasteiger partial charge in [-0.2, -0.15) is 16.8 Å². The molecular weight excluding hydrogens is 344 g/mol. The number of hydrogen-bond acceptors (Lipinski definition) is 7. The van der Waals surface area contributed by atoms with Gasteiger partial charge in [0.1, 0.15) is 0 Å². The van der Waals surface area contributed by atoms with Crippen LogP contribution in [0.2, 0.25) is 0 Å². The predicted molar refractivity (Wildman–Crippen MR) is 91.6 cm³/mol. The number of ketones is 1. The van der Waals surface area contributed by atoms with Crippen LogP contribution in [0.25, 0.3) is 0 Å². The van der Waals surface area contributed by atoms with Crippen LogP contribution in [0.15, 0.2) is 30.3 Å². The molecule has 0 radical (unpaired) electrons. The van der Waals surface area contributed by atoms with E-state index in [4.69, 9.17) is 0 Å². The molecule has 0 bridgehead atoms. The van der Waals surface area contributed by atoms with E-state index in [0.29, 0.717) is 5.55 Å². The standard InChI is InChI=1S/C8H8O.C2H6O3S.C2H4O3S.C2H6/c1-7(9)8-5-3-2-4-6-8;1-5-6(2,3)4;1-5-2-6(3)4;1-2/h2-6H,1H3;1-2H3;2H,1H3;1-2H3. The first-order chi connectivity index (χ1) is 10.6. The van der Waals surface area contributed by atoms with Crippen molar-refractivity contribution in [3.05, 3.63) is 35.9 Å². The van der Waals surface area contributed by atoms with E-state index in [1.165, 1.54) is 7.11 Å². The molecular formula is C14H24O7S2. The van der Waals surface area contributed by atoms with Crippen molar-refractivity contribution in [3.8, 4) is 0 Å². The van der Waals surface area contributed by atoms with Crippen LogP contribution in [0.5, 0.6) is 0 Å². The fourth-order valence-corrected chi connectivity index (χ4v) is 0.909. The van der Waals surface area contributed by atoms with E-state index in [1.54, 1.807) is 6.92 Å². The van der Waals surface area contributed by atoms with Gasteiger partial charge in [0.05, 0.1) is 13.4 Å². The van der Waals surface area contributed by atoms with Gasteiger partial charge in [0, 0.05) is 12.7 Å². The second-order valence-electron chi connectivity index (χ2n) is 3.39. The van der Waals surface area contributed by atoms with Crippen LogP contribution in [0.1, 0.15) is 31.1 Å². The molecule has 0 aromatic heterocycles. The Hall–Kier alpha value is -1.55. The highest BCUT2D eigenvalue weighted by atomic mass is 32.2. The molecule has 7 nitrogen and oxygen atoms in total. The maximum absolute atomic E-state index is 10.6. The molecule has 0 N–H and O–H groups in total. The third-order valence-electron chi connectivity index (χ3n) is 1.66. The summed E-state index contributed by atoms with van der Waals surface area (Å²) in [7, 11) is -2.93. The molecule has 0 spiro atoms. The van der Waals surface area contributed by atoms with Crippen LogP contribution >= 0.6 is 0 Å². The Bertz CT molecular complexity index is 625. The molecule has 0 aliphatic rings. The van der Waals surface area contributed by atoms with Gasteiger partial charge in [0.25, 0.3) is 10.1 Å². The Balaban J connectivity index is -0.000000256. The van der Waals surface area contributed by atoms with Crippen molar-refractivity contribution in [1.29, 1.82) is 0 Å². The minimum Gasteiger partial charge on any atom is -0.342 e. The third kappa shape index (κ3) is 25.7. The van der Waals surface area contributed by atoms with Crippen molar-refractivity contribution in [2.75, 3.05) is 20.5 Å². The average Bonchev–Trinajstić information content (AvgIpc) is 2.50. The summed E-state index contributed by atoms with van der Waals surface area (Å²) in [6, 6.07) is 9.23. The van der Waals surface area contributed by atoms with E-state index < -0.39 is 20.4 Å². The maximum Gasteiger partial charge on any atom is 0.264 e. The molecule has 0 saturated heterocycles. The van der Waals surface area contributed by atoms with E-state index in [9.17, 15) is 21.6 Å². The lowest BCUT2D eigenvalue weighted by Crippen LogP contribution is -1.95. The number of benzene rings is 1. The fraction of sp³-hybridized carbons (Fsp3) is 0.429. The van der Waals surface area contributed by atoms with Gasteiger partial charge >= 0.3 is 0 Å². The zero-order valence-electron chi connectivity index (χ0n) is 14.1. The number of Topliss-reactive ketones (excluding diaryl/α,β-unsaturated/α-hetero) is 1. The molecule has 9 heteroatoms. The summed E-state index contributed by atoms with van der Waals surface area (Å²) < 4.78 is 46.4. The number of rotatable bonds is 3. The van der Waals surface area contributed by atoms with E-state index in [2.05, 4.69) is 8.92 Å². The van der Waals surface area contributed by atoms with Crippen molar-refractivity contribution in [2.45, 2.75) is 20.8 Å². The number of ether oxygens (including phenoxy) is 1. The van der Waals surface area contributed by atoms with Gasteiger partial charge in [-0.05, 0) is 6.92 Å². The molecule has 0 fully saturated rings. The Morgan fingerprint density at radius 3 is 1.61 bits per heavy atom. The normalized spacial score (nSPS) is 8.78. The molecule has 0 saturated carbocycles. The molecule has 0 aliphatic heterocycles. The maximum atomic E-state index is 10.6. The molecule has 1 aromatic carbocycles. The van der Waals surface area contributed by atoms with E-state index in [1.807, 2.05) is 44.2 Å². The number of carbonyl (C=O) groups is 1. The quantitative estimate of drug-likeness (QED) is 0.455. The van der Waals surface area contributed by atoms with Gasteiger partial charge in [-0.25, -0.2) is 0 Å². The van der Waals surface area contributed by atoms with Gasteiger partial charge < -0.3 is 4.74 Å². The van der Waals surface area contributed by atoms with Gasteiger partial charge in [-0.1, -0.05) is 44.2 Å². The first-order valence-corrected chi connectivity index (χ1v) is 9.35. The topological polar surface area (TPSA) is 104 Å². The summed E-state index contributed by atoms with van der Waals surface area (Å²) in [5.41, 5.74) is 1.48. The van der Waals surface area contributed by atoms with Crippen molar-refractivity contribution >= 4 is 31.7 Å². The lowest BCUT2D eigenvalue weighted by atomic mass is 10.2. The zero-order chi connectivity index (χ0) is 18.9. The summed E-state index contributed by atoms with van der Waals surface area (Å²) >= 11 is 0. The highest BCUT2D eigenvalue weighted by Gasteiger charge is 1.92. The van der Waals surface area contributed by atoms with Gasteiger partial charge in [-0.15, -0.1) is 0 Å². The molecule has 0 amide bonds. The fourth-order valence-electron chi connectivity index (χ4n) is 0.751. The molecule has 0 heterocycles. The Morgan fingerprint density at radius 2 is 1.48 bits per heavy atom. The zero-order valence-corrected chi connectivity index (χ0v) is 15.8. The molecule has 0 unspecified atom stereocenters. The monoisotopic (exact) mass is 368 g/mol. The minimum absolute atomic E-state index is 0.121. The van der Waals surface area contributed by atoms with Crippen molar-refractivity contribution in [2.24, 2.45) is 0 Å². The lowest BCUT2D eigenvalue weighted by Gasteiger charge is -1.89. The van der Waals surface area contributed by atoms with Gasteiger partial charge in [-0.3, -0.25) is 8.98 Å². The SMILES string of the molecule is CC.CC(=O)c1ccccc1.COC=S(=O)=O.COS(C)(=O)=O. The smallest absolute Gasteiger partial charge is 0.264 e. The number of methoxy groups -OCH3 is 1. The van der Waals surface area contributed by atoms with Crippen LogP contribution in [0.3, 0.4) is 0 Å².